The smallest absolute Gasteiger partial charge is 0.0945 e. The summed E-state index contributed by atoms with van der Waals surface area (Å²) in [6, 6.07) is 4.70. The van der Waals surface area contributed by atoms with E-state index in [-0.39, 0.29) is 0 Å². The first-order valence-corrected chi connectivity index (χ1v) is 8.62. The zero-order valence-corrected chi connectivity index (χ0v) is 14.0. The predicted molar refractivity (Wildman–Crippen MR) is 91.8 cm³/mol. The maximum Gasteiger partial charge on any atom is 0.0945 e. The highest BCUT2D eigenvalue weighted by atomic mass is 15.2. The molecule has 1 aliphatic rings. The number of aryl methyl sites for hydroxylation is 2. The molecule has 0 saturated heterocycles. The molecule has 1 atom stereocenters. The fourth-order valence-electron chi connectivity index (χ4n) is 3.49. The maximum atomic E-state index is 5.68. The van der Waals surface area contributed by atoms with Crippen molar-refractivity contribution >= 4 is 0 Å². The number of fused-ring (bicyclic) bond motifs is 1. The van der Waals surface area contributed by atoms with Crippen LogP contribution < -0.4 is 5.73 Å². The van der Waals surface area contributed by atoms with Crippen LogP contribution in [0, 0.1) is 0 Å². The van der Waals surface area contributed by atoms with Gasteiger partial charge in [0.2, 0.25) is 0 Å². The molecule has 0 fully saturated rings. The van der Waals surface area contributed by atoms with Crippen molar-refractivity contribution in [2.24, 2.45) is 12.8 Å². The van der Waals surface area contributed by atoms with E-state index in [1.807, 2.05) is 18.7 Å². The van der Waals surface area contributed by atoms with Gasteiger partial charge in [-0.05, 0) is 56.8 Å². The maximum absolute atomic E-state index is 5.68. The van der Waals surface area contributed by atoms with Crippen LogP contribution in [-0.4, -0.2) is 32.5 Å². The second-order valence-electron chi connectivity index (χ2n) is 6.42. The summed E-state index contributed by atoms with van der Waals surface area (Å²) in [4.78, 5) is 11.5. The molecule has 23 heavy (non-hydrogen) atoms. The lowest BCUT2D eigenvalue weighted by molar-refractivity contribution is 0.159. The summed E-state index contributed by atoms with van der Waals surface area (Å²) in [5.74, 6) is 0. The minimum Gasteiger partial charge on any atom is -0.337 e. The topological polar surface area (TPSA) is 60.0 Å². The zero-order valence-electron chi connectivity index (χ0n) is 14.0. The number of imidazole rings is 1. The highest BCUT2D eigenvalue weighted by Gasteiger charge is 2.27. The Morgan fingerprint density at radius 2 is 2.30 bits per heavy atom. The van der Waals surface area contributed by atoms with Gasteiger partial charge < -0.3 is 10.3 Å². The van der Waals surface area contributed by atoms with Crippen molar-refractivity contribution < 1.29 is 0 Å². The average Bonchev–Trinajstić information content (AvgIpc) is 2.98. The molecular weight excluding hydrogens is 286 g/mol. The van der Waals surface area contributed by atoms with Gasteiger partial charge in [0.25, 0.3) is 0 Å². The van der Waals surface area contributed by atoms with Crippen molar-refractivity contribution in [3.05, 3.63) is 47.8 Å². The summed E-state index contributed by atoms with van der Waals surface area (Å²) >= 11 is 0. The number of hydrogen-bond acceptors (Lipinski definition) is 4. The van der Waals surface area contributed by atoms with Crippen LogP contribution in [0.4, 0.5) is 0 Å². The molecule has 2 heterocycles. The molecule has 0 bridgehead atoms. The number of hydrogen-bond donors (Lipinski definition) is 1. The monoisotopic (exact) mass is 313 g/mol. The average molecular weight is 313 g/mol. The molecule has 2 aromatic rings. The number of unbranched alkanes of at least 4 members (excludes halogenated alkanes) is 1. The van der Waals surface area contributed by atoms with Crippen LogP contribution in [-0.2, 0) is 20.0 Å². The molecule has 5 nitrogen and oxygen atoms in total. The van der Waals surface area contributed by atoms with Gasteiger partial charge in [-0.15, -0.1) is 0 Å². The van der Waals surface area contributed by atoms with E-state index in [0.29, 0.717) is 6.04 Å². The molecular formula is C18H27N5. The third-order valence-corrected chi connectivity index (χ3v) is 4.79. The third-order valence-electron chi connectivity index (χ3n) is 4.79. The van der Waals surface area contributed by atoms with Crippen LogP contribution in [0.5, 0.6) is 0 Å². The number of rotatable bonds is 7. The minimum atomic E-state index is 0.410. The summed E-state index contributed by atoms with van der Waals surface area (Å²) in [5.41, 5.74) is 9.62. The molecule has 0 spiro atoms. The first-order valence-electron chi connectivity index (χ1n) is 8.62. The van der Waals surface area contributed by atoms with Crippen LogP contribution in [0.3, 0.4) is 0 Å². The van der Waals surface area contributed by atoms with Crippen molar-refractivity contribution in [2.75, 3.05) is 13.1 Å². The van der Waals surface area contributed by atoms with Gasteiger partial charge in [0.15, 0.2) is 0 Å². The van der Waals surface area contributed by atoms with Crippen LogP contribution in [0.2, 0.25) is 0 Å². The van der Waals surface area contributed by atoms with Crippen LogP contribution in [0.25, 0.3) is 0 Å². The van der Waals surface area contributed by atoms with Crippen LogP contribution in [0.15, 0.2) is 30.9 Å². The molecule has 1 aliphatic carbocycles. The Hall–Kier alpha value is -1.72. The van der Waals surface area contributed by atoms with Crippen molar-refractivity contribution in [3.8, 4) is 0 Å². The van der Waals surface area contributed by atoms with Crippen molar-refractivity contribution in [1.29, 1.82) is 0 Å². The molecule has 0 aromatic carbocycles. The van der Waals surface area contributed by atoms with Gasteiger partial charge in [0, 0.05) is 26.0 Å². The van der Waals surface area contributed by atoms with Crippen molar-refractivity contribution in [1.82, 2.24) is 19.4 Å². The van der Waals surface area contributed by atoms with Crippen molar-refractivity contribution in [3.63, 3.8) is 0 Å². The molecule has 2 aromatic heterocycles. The van der Waals surface area contributed by atoms with E-state index in [4.69, 9.17) is 10.7 Å². The second-order valence-corrected chi connectivity index (χ2v) is 6.42. The molecule has 5 heteroatoms. The van der Waals surface area contributed by atoms with Gasteiger partial charge in [0.05, 0.1) is 23.8 Å². The number of nitrogens with two attached hydrogens (primary N) is 1. The first kappa shape index (κ1) is 16.1. The highest BCUT2D eigenvalue weighted by molar-refractivity contribution is 5.25. The molecule has 1 unspecified atom stereocenters. The fraction of sp³-hybridized carbons (Fsp3) is 0.556. The summed E-state index contributed by atoms with van der Waals surface area (Å²) in [5, 5.41) is 0. The van der Waals surface area contributed by atoms with E-state index in [1.54, 1.807) is 0 Å². The van der Waals surface area contributed by atoms with Gasteiger partial charge in [-0.25, -0.2) is 4.98 Å². The Bertz CT molecular complexity index is 621. The summed E-state index contributed by atoms with van der Waals surface area (Å²) < 4.78 is 2.11. The van der Waals surface area contributed by atoms with Gasteiger partial charge in [-0.2, -0.15) is 0 Å². The molecule has 124 valence electrons. The van der Waals surface area contributed by atoms with E-state index in [9.17, 15) is 0 Å². The van der Waals surface area contributed by atoms with E-state index >= 15 is 0 Å². The largest absolute Gasteiger partial charge is 0.337 e. The number of pyridine rings is 1. The fourth-order valence-corrected chi connectivity index (χ4v) is 3.49. The van der Waals surface area contributed by atoms with E-state index in [0.717, 1.165) is 38.9 Å². The van der Waals surface area contributed by atoms with Gasteiger partial charge in [-0.1, -0.05) is 6.07 Å². The lowest BCUT2D eigenvalue weighted by Gasteiger charge is -2.35. The molecule has 0 aliphatic heterocycles. The van der Waals surface area contributed by atoms with Crippen molar-refractivity contribution in [2.45, 2.75) is 44.7 Å². The summed E-state index contributed by atoms with van der Waals surface area (Å²) in [6.45, 7) is 2.74. The molecule has 0 radical (unpaired) electrons. The summed E-state index contributed by atoms with van der Waals surface area (Å²) in [6.07, 6.45) is 11.6. The second kappa shape index (κ2) is 7.70. The Labute approximate surface area is 138 Å². The lowest BCUT2D eigenvalue weighted by atomic mass is 9.90. The quantitative estimate of drug-likeness (QED) is 0.798. The first-order chi connectivity index (χ1) is 11.3. The van der Waals surface area contributed by atoms with Gasteiger partial charge in [0.1, 0.15) is 0 Å². The molecule has 3 rings (SSSR count). The lowest BCUT2D eigenvalue weighted by Crippen LogP contribution is -2.33. The molecule has 0 amide bonds. The molecule has 0 saturated carbocycles. The Morgan fingerprint density at radius 1 is 1.39 bits per heavy atom. The Balaban J connectivity index is 1.81. The van der Waals surface area contributed by atoms with Crippen LogP contribution >= 0.6 is 0 Å². The van der Waals surface area contributed by atoms with Crippen LogP contribution in [0.1, 0.15) is 48.7 Å². The highest BCUT2D eigenvalue weighted by Crippen LogP contribution is 2.33. The third kappa shape index (κ3) is 3.79. The van der Waals surface area contributed by atoms with Gasteiger partial charge in [-0.3, -0.25) is 9.88 Å². The van der Waals surface area contributed by atoms with E-state index < -0.39 is 0 Å². The van der Waals surface area contributed by atoms with E-state index in [1.165, 1.54) is 29.8 Å². The number of aromatic nitrogens is 3. The SMILES string of the molecule is Cn1cncc1CN(CCCCN)C1CCCc2cccnc21. The Kier molecular flexibility index (Phi) is 5.41. The molecule has 2 N–H and O–H groups in total. The minimum absolute atomic E-state index is 0.410. The zero-order chi connectivity index (χ0) is 16.1. The summed E-state index contributed by atoms with van der Waals surface area (Å²) in [7, 11) is 2.06. The normalized spacial score (nSPS) is 17.4. The Morgan fingerprint density at radius 3 is 3.09 bits per heavy atom. The predicted octanol–water partition coefficient (Wildman–Crippen LogP) is 2.43. The standard InChI is InChI=1S/C18H27N5/c1-22-14-20-12-16(22)13-23(11-3-2-9-19)17-8-4-6-15-7-5-10-21-18(15)17/h5,7,10,12,14,17H,2-4,6,8-9,11,13,19H2,1H3. The van der Waals surface area contributed by atoms with E-state index in [2.05, 4.69) is 33.6 Å². The van der Waals surface area contributed by atoms with Gasteiger partial charge >= 0.3 is 0 Å². The number of nitrogens with zero attached hydrogens (tertiary/aromatic N) is 4.